The van der Waals surface area contributed by atoms with Gasteiger partial charge in [-0.2, -0.15) is 0 Å². The second kappa shape index (κ2) is 11.3. The fraction of sp³-hybridized carbons (Fsp3) is 0.182. The smallest absolute Gasteiger partial charge is 0.338 e. The second-order valence-corrected chi connectivity index (χ2v) is 11.2. The molecule has 9 nitrogen and oxygen atoms in total. The number of thiazole rings is 1. The summed E-state index contributed by atoms with van der Waals surface area (Å²) in [5.41, 5.74) is 5.34. The molecule has 0 saturated carbocycles. The summed E-state index contributed by atoms with van der Waals surface area (Å²) in [6.45, 7) is 4.45. The summed E-state index contributed by atoms with van der Waals surface area (Å²) >= 11 is 1.30. The first-order valence-corrected chi connectivity index (χ1v) is 14.6. The lowest BCUT2D eigenvalue weighted by Gasteiger charge is -2.25. The lowest BCUT2D eigenvalue weighted by molar-refractivity contribution is -0.384. The van der Waals surface area contributed by atoms with E-state index in [2.05, 4.69) is 4.57 Å². The summed E-state index contributed by atoms with van der Waals surface area (Å²) < 4.78 is 9.40. The maximum absolute atomic E-state index is 14.1. The number of nitro benzene ring substituents is 1. The maximum Gasteiger partial charge on any atom is 0.338 e. The van der Waals surface area contributed by atoms with Gasteiger partial charge < -0.3 is 9.30 Å². The first-order valence-electron chi connectivity index (χ1n) is 13.8. The molecule has 0 fully saturated rings. The zero-order valence-corrected chi connectivity index (χ0v) is 24.6. The van der Waals surface area contributed by atoms with Gasteiger partial charge in [0.2, 0.25) is 0 Å². The van der Waals surface area contributed by atoms with Crippen LogP contribution in [0.5, 0.6) is 0 Å². The predicted octanol–water partition coefficient (Wildman–Crippen LogP) is 5.02. The van der Waals surface area contributed by atoms with Crippen LogP contribution in [0.2, 0.25) is 0 Å². The van der Waals surface area contributed by atoms with E-state index in [9.17, 15) is 19.7 Å². The second-order valence-electron chi connectivity index (χ2n) is 10.2. The van der Waals surface area contributed by atoms with Gasteiger partial charge in [-0.1, -0.05) is 78.9 Å². The van der Waals surface area contributed by atoms with Crippen molar-refractivity contribution in [3.05, 3.63) is 142 Å². The Hall–Kier alpha value is -5.09. The van der Waals surface area contributed by atoms with E-state index in [-0.39, 0.29) is 11.2 Å². The number of allylic oxidation sites excluding steroid dienone is 1. The van der Waals surface area contributed by atoms with Gasteiger partial charge in [0.1, 0.15) is 0 Å². The average Bonchev–Trinajstić information content (AvgIpc) is 3.48. The van der Waals surface area contributed by atoms with E-state index in [1.165, 1.54) is 30.6 Å². The Morgan fingerprint density at radius 1 is 1.07 bits per heavy atom. The van der Waals surface area contributed by atoms with Crippen molar-refractivity contribution in [2.75, 3.05) is 7.11 Å². The molecular weight excluding hydrogens is 564 g/mol. The molecular formula is C33H28N4O5S. The van der Waals surface area contributed by atoms with Gasteiger partial charge in [0.05, 0.1) is 33.9 Å². The third-order valence-electron chi connectivity index (χ3n) is 7.81. The van der Waals surface area contributed by atoms with Crippen molar-refractivity contribution < 1.29 is 14.5 Å². The number of benzene rings is 3. The van der Waals surface area contributed by atoms with Gasteiger partial charge >= 0.3 is 5.97 Å². The van der Waals surface area contributed by atoms with Crippen LogP contribution in [-0.4, -0.2) is 27.1 Å². The van der Waals surface area contributed by atoms with Gasteiger partial charge in [-0.3, -0.25) is 19.5 Å². The minimum atomic E-state index is -0.661. The SMILES string of the molecule is CCC1=C(C(=O)OC)[C@H](c2ccccc2)n2c(s/c(=C\c3c(C)n(Cc4ccc([N+](=O)[O-])cc4)c4ccccc34)c2=O)=N1. The van der Waals surface area contributed by atoms with Crippen LogP contribution in [0.1, 0.15) is 41.8 Å². The molecule has 216 valence electrons. The number of hydrogen-bond donors (Lipinski definition) is 0. The Morgan fingerprint density at radius 3 is 2.44 bits per heavy atom. The number of non-ortho nitro benzene ring substituents is 1. The Bertz CT molecular complexity index is 2100. The molecule has 1 atom stereocenters. The molecule has 43 heavy (non-hydrogen) atoms. The van der Waals surface area contributed by atoms with E-state index in [1.807, 2.05) is 74.5 Å². The van der Waals surface area contributed by atoms with Crippen LogP contribution in [0.3, 0.4) is 0 Å². The van der Waals surface area contributed by atoms with E-state index in [1.54, 1.807) is 16.7 Å². The van der Waals surface area contributed by atoms with E-state index in [0.717, 1.165) is 33.3 Å². The fourth-order valence-corrected chi connectivity index (χ4v) is 6.70. The van der Waals surface area contributed by atoms with Crippen LogP contribution in [0.25, 0.3) is 17.0 Å². The first-order chi connectivity index (χ1) is 20.8. The van der Waals surface area contributed by atoms with Gasteiger partial charge in [-0.05, 0) is 36.6 Å². The maximum atomic E-state index is 14.1. The molecule has 0 radical (unpaired) electrons. The van der Waals surface area contributed by atoms with Crippen molar-refractivity contribution in [2.45, 2.75) is 32.9 Å². The average molecular weight is 593 g/mol. The highest BCUT2D eigenvalue weighted by molar-refractivity contribution is 7.07. The van der Waals surface area contributed by atoms with Crippen molar-refractivity contribution >= 4 is 40.0 Å². The zero-order chi connectivity index (χ0) is 30.2. The number of ether oxygens (including phenoxy) is 1. The lowest BCUT2D eigenvalue weighted by atomic mass is 9.95. The highest BCUT2D eigenvalue weighted by Crippen LogP contribution is 2.32. The first kappa shape index (κ1) is 28.0. The number of rotatable bonds is 7. The molecule has 0 unspecified atom stereocenters. The molecule has 3 heterocycles. The minimum Gasteiger partial charge on any atom is -0.466 e. The largest absolute Gasteiger partial charge is 0.466 e. The predicted molar refractivity (Wildman–Crippen MR) is 166 cm³/mol. The molecule has 10 heteroatoms. The number of aromatic nitrogens is 2. The number of nitrogens with zero attached hydrogens (tertiary/aromatic N) is 4. The van der Waals surface area contributed by atoms with Crippen LogP contribution < -0.4 is 14.9 Å². The van der Waals surface area contributed by atoms with Gasteiger partial charge in [0.25, 0.3) is 11.2 Å². The molecule has 6 rings (SSSR count). The standard InChI is InChI=1S/C33H28N4O5S/c1-4-26-29(32(39)42-3)30(22-10-6-5-7-11-22)36-31(38)28(43-33(36)34-26)18-25-20(2)35(27-13-9-8-12-24(25)27)19-21-14-16-23(17-15-21)37(40)41/h5-18,30H,4,19H2,1-3H3/b28-18-/t30-/m0/s1. The Balaban J connectivity index is 1.53. The normalized spacial score (nSPS) is 15.0. The zero-order valence-electron chi connectivity index (χ0n) is 23.8. The van der Waals surface area contributed by atoms with Gasteiger partial charge in [-0.15, -0.1) is 0 Å². The highest BCUT2D eigenvalue weighted by Gasteiger charge is 2.33. The van der Waals surface area contributed by atoms with Crippen LogP contribution in [0, 0.1) is 17.0 Å². The molecule has 5 aromatic rings. The number of hydrogen-bond acceptors (Lipinski definition) is 7. The molecule has 0 amide bonds. The summed E-state index contributed by atoms with van der Waals surface area (Å²) in [7, 11) is 1.34. The molecule has 0 saturated heterocycles. The number of fused-ring (bicyclic) bond motifs is 2. The van der Waals surface area contributed by atoms with Crippen LogP contribution in [0.15, 0.2) is 99.9 Å². The van der Waals surface area contributed by atoms with E-state index in [4.69, 9.17) is 9.73 Å². The van der Waals surface area contributed by atoms with Crippen molar-refractivity contribution in [1.29, 1.82) is 0 Å². The van der Waals surface area contributed by atoms with Crippen LogP contribution in [-0.2, 0) is 16.1 Å². The van der Waals surface area contributed by atoms with Crippen LogP contribution >= 0.6 is 11.3 Å². The molecule has 0 bridgehead atoms. The molecule has 0 spiro atoms. The number of carbonyl (C=O) groups is 1. The highest BCUT2D eigenvalue weighted by atomic mass is 32.1. The van der Waals surface area contributed by atoms with Gasteiger partial charge in [0.15, 0.2) is 4.80 Å². The van der Waals surface area contributed by atoms with Crippen LogP contribution in [0.4, 0.5) is 5.69 Å². The number of methoxy groups -OCH3 is 1. The Morgan fingerprint density at radius 2 is 1.77 bits per heavy atom. The summed E-state index contributed by atoms with van der Waals surface area (Å²) in [6.07, 6.45) is 2.41. The molecule has 3 aromatic carbocycles. The Kier molecular flexibility index (Phi) is 7.37. The molecule has 2 aromatic heterocycles. The number of para-hydroxylation sites is 1. The number of esters is 1. The third-order valence-corrected chi connectivity index (χ3v) is 8.79. The van der Waals surface area contributed by atoms with E-state index in [0.29, 0.717) is 33.6 Å². The van der Waals surface area contributed by atoms with Crippen molar-refractivity contribution in [2.24, 2.45) is 4.99 Å². The van der Waals surface area contributed by atoms with Crippen molar-refractivity contribution in [1.82, 2.24) is 9.13 Å². The van der Waals surface area contributed by atoms with E-state index >= 15 is 0 Å². The van der Waals surface area contributed by atoms with E-state index < -0.39 is 16.9 Å². The van der Waals surface area contributed by atoms with Crippen molar-refractivity contribution in [3.63, 3.8) is 0 Å². The summed E-state index contributed by atoms with van der Waals surface area (Å²) in [6, 6.07) is 23.3. The summed E-state index contributed by atoms with van der Waals surface area (Å²) in [5.74, 6) is -0.506. The molecule has 0 N–H and O–H groups in total. The van der Waals surface area contributed by atoms with Gasteiger partial charge in [-0.25, -0.2) is 9.79 Å². The monoisotopic (exact) mass is 592 g/mol. The number of carbonyl (C=O) groups excluding carboxylic acids is 1. The summed E-state index contributed by atoms with van der Waals surface area (Å²) in [4.78, 5) is 43.2. The topological polar surface area (TPSA) is 109 Å². The quantitative estimate of drug-likeness (QED) is 0.150. The molecule has 1 aliphatic rings. The Labute approximate surface area is 250 Å². The fourth-order valence-electron chi connectivity index (χ4n) is 5.70. The molecule has 0 aliphatic carbocycles. The van der Waals surface area contributed by atoms with Gasteiger partial charge in [0, 0.05) is 40.8 Å². The third kappa shape index (κ3) is 4.89. The minimum absolute atomic E-state index is 0.0456. The van der Waals surface area contributed by atoms with Crippen molar-refractivity contribution in [3.8, 4) is 0 Å². The lowest BCUT2D eigenvalue weighted by Crippen LogP contribution is -2.40. The molecule has 1 aliphatic heterocycles. The number of nitro groups is 1. The summed E-state index contributed by atoms with van der Waals surface area (Å²) in [5, 5.41) is 12.1.